The van der Waals surface area contributed by atoms with E-state index in [4.69, 9.17) is 0 Å². The minimum absolute atomic E-state index is 0.0179. The van der Waals surface area contributed by atoms with Crippen molar-refractivity contribution in [2.24, 2.45) is 23.2 Å². The molecule has 3 fully saturated rings. The van der Waals surface area contributed by atoms with Gasteiger partial charge in [-0.2, -0.15) is 18.4 Å². The number of likely N-dealkylation sites (tertiary alicyclic amines) is 1. The minimum atomic E-state index is -5.49. The first-order valence-corrected chi connectivity index (χ1v) is 11.3. The number of carbonyl (C=O) groups excluding carboxylic acids is 4. The molecule has 1 aliphatic carbocycles. The highest BCUT2D eigenvalue weighted by Crippen LogP contribution is 2.64. The Kier molecular flexibility index (Phi) is 7.69. The maximum absolute atomic E-state index is 13.2. The molecule has 6 atom stereocenters. The maximum atomic E-state index is 13.2. The summed E-state index contributed by atoms with van der Waals surface area (Å²) < 4.78 is 79.5. The van der Waals surface area contributed by atoms with Crippen LogP contribution in [0.4, 0.5) is 26.3 Å². The van der Waals surface area contributed by atoms with Gasteiger partial charge in [0.2, 0.25) is 17.7 Å². The molecule has 0 aromatic carbocycles. The number of halogens is 6. The van der Waals surface area contributed by atoms with E-state index in [-0.39, 0.29) is 24.8 Å². The van der Waals surface area contributed by atoms with E-state index in [0.29, 0.717) is 13.0 Å². The van der Waals surface area contributed by atoms with Crippen LogP contribution in [0.1, 0.15) is 26.7 Å². The molecule has 16 heteroatoms. The summed E-state index contributed by atoms with van der Waals surface area (Å²) >= 11 is 0. The Bertz CT molecular complexity index is 994. The zero-order chi connectivity index (χ0) is 27.9. The number of nitriles is 1. The highest BCUT2D eigenvalue weighted by Gasteiger charge is 2.69. The van der Waals surface area contributed by atoms with Crippen molar-refractivity contribution < 1.29 is 50.3 Å². The molecule has 2 heterocycles. The number of amides is 4. The Morgan fingerprint density at radius 2 is 1.86 bits per heavy atom. The second kappa shape index (κ2) is 9.99. The van der Waals surface area contributed by atoms with Crippen molar-refractivity contribution in [3.8, 4) is 6.07 Å². The molecule has 37 heavy (non-hydrogen) atoms. The number of rotatable bonds is 8. The largest absolute Gasteiger partial charge is 0.522 e. The monoisotopic (exact) mass is 541 g/mol. The average Bonchev–Trinajstić information content (AvgIpc) is 3.14. The number of hydrogen-bond donors (Lipinski definition) is 3. The quantitative estimate of drug-likeness (QED) is 0.385. The lowest BCUT2D eigenvalue weighted by Crippen LogP contribution is -2.59. The number of hydrogen-bond acceptors (Lipinski definition) is 6. The SMILES string of the molecule is CC1(C)C2CN(C(=O)[C@H](COC(F)(F)F)NC(=O)C(F)(F)F)C(C(=O)N[C@H](C#N)C[C@@H]3CCNC3=O)C21. The summed E-state index contributed by atoms with van der Waals surface area (Å²) in [5.74, 6) is -6.46. The molecule has 0 aromatic rings. The van der Waals surface area contributed by atoms with E-state index in [1.54, 1.807) is 13.8 Å². The van der Waals surface area contributed by atoms with E-state index in [1.807, 2.05) is 6.07 Å². The van der Waals surface area contributed by atoms with Gasteiger partial charge in [-0.05, 0) is 30.1 Å². The molecule has 2 aliphatic heterocycles. The number of piperidine rings is 1. The van der Waals surface area contributed by atoms with Crippen LogP contribution in [0.15, 0.2) is 0 Å². The number of nitrogens with zero attached hydrogens (tertiary/aromatic N) is 2. The maximum Gasteiger partial charge on any atom is 0.522 e. The summed E-state index contributed by atoms with van der Waals surface area (Å²) in [4.78, 5) is 50.3. The second-order valence-electron chi connectivity index (χ2n) is 9.87. The van der Waals surface area contributed by atoms with Gasteiger partial charge < -0.3 is 20.9 Å². The number of nitrogens with one attached hydrogen (secondary N) is 3. The number of carbonyl (C=O) groups is 4. The second-order valence-corrected chi connectivity index (χ2v) is 9.87. The topological polar surface area (TPSA) is 141 Å². The number of ether oxygens (including phenoxy) is 1. The van der Waals surface area contributed by atoms with Gasteiger partial charge in [0.25, 0.3) is 0 Å². The molecule has 0 radical (unpaired) electrons. The van der Waals surface area contributed by atoms with E-state index in [0.717, 1.165) is 4.90 Å². The van der Waals surface area contributed by atoms with Gasteiger partial charge in [0, 0.05) is 19.0 Å². The molecule has 0 aromatic heterocycles. The van der Waals surface area contributed by atoms with Gasteiger partial charge in [0.05, 0.1) is 12.7 Å². The molecule has 0 bridgehead atoms. The van der Waals surface area contributed by atoms with Crippen LogP contribution in [0.2, 0.25) is 0 Å². The molecule has 2 saturated heterocycles. The summed E-state index contributed by atoms with van der Waals surface area (Å²) in [6, 6.07) is -2.98. The molecule has 10 nitrogen and oxygen atoms in total. The minimum Gasteiger partial charge on any atom is -0.356 e. The van der Waals surface area contributed by atoms with E-state index in [1.165, 1.54) is 5.32 Å². The molecule has 1 saturated carbocycles. The van der Waals surface area contributed by atoms with Gasteiger partial charge in [-0.1, -0.05) is 13.8 Å². The first-order valence-electron chi connectivity index (χ1n) is 11.3. The van der Waals surface area contributed by atoms with Crippen molar-refractivity contribution in [1.29, 1.82) is 5.26 Å². The van der Waals surface area contributed by atoms with Gasteiger partial charge in [-0.25, -0.2) is 0 Å². The van der Waals surface area contributed by atoms with Crippen molar-refractivity contribution in [2.75, 3.05) is 19.7 Å². The standard InChI is InChI=1S/C21H25F6N5O5/c1-19(2)11-7-32(17(35)12(8-37-21(25,26)27)31-18(36)20(22,23)24)14(13(11)19)16(34)30-10(6-28)5-9-3-4-29-15(9)33/h9-14H,3-5,7-8H2,1-2H3,(H,29,33)(H,30,34)(H,31,36)/t9-,10-,11?,12-,13?,14?/m0/s1. The van der Waals surface area contributed by atoms with Crippen LogP contribution in [0.25, 0.3) is 0 Å². The summed E-state index contributed by atoms with van der Waals surface area (Å²) in [6.07, 6.45) is -10.4. The highest BCUT2D eigenvalue weighted by atomic mass is 19.4. The average molecular weight is 541 g/mol. The fraction of sp³-hybridized carbons (Fsp3) is 0.762. The van der Waals surface area contributed by atoms with Crippen LogP contribution in [-0.2, 0) is 23.9 Å². The third-order valence-electron chi connectivity index (χ3n) is 7.19. The first-order chi connectivity index (χ1) is 17.0. The Morgan fingerprint density at radius 1 is 1.22 bits per heavy atom. The zero-order valence-corrected chi connectivity index (χ0v) is 19.7. The Morgan fingerprint density at radius 3 is 2.38 bits per heavy atom. The van der Waals surface area contributed by atoms with Crippen LogP contribution in [-0.4, -0.2) is 78.9 Å². The smallest absolute Gasteiger partial charge is 0.356 e. The fourth-order valence-electron chi connectivity index (χ4n) is 5.16. The molecule has 0 spiro atoms. The van der Waals surface area contributed by atoms with Crippen molar-refractivity contribution in [3.05, 3.63) is 0 Å². The molecular weight excluding hydrogens is 516 g/mol. The van der Waals surface area contributed by atoms with Crippen molar-refractivity contribution in [2.45, 2.75) is 57.4 Å². The third kappa shape index (κ3) is 6.25. The molecule has 3 aliphatic rings. The van der Waals surface area contributed by atoms with Gasteiger partial charge in [-0.3, -0.25) is 23.9 Å². The fourth-order valence-corrected chi connectivity index (χ4v) is 5.16. The predicted molar refractivity (Wildman–Crippen MR) is 110 cm³/mol. The normalized spacial score (nSPS) is 28.0. The van der Waals surface area contributed by atoms with Crippen LogP contribution in [0.5, 0.6) is 0 Å². The van der Waals surface area contributed by atoms with E-state index in [2.05, 4.69) is 15.4 Å². The molecule has 3 unspecified atom stereocenters. The first kappa shape index (κ1) is 28.5. The Balaban J connectivity index is 1.79. The zero-order valence-electron chi connectivity index (χ0n) is 19.7. The molecule has 3 N–H and O–H groups in total. The highest BCUT2D eigenvalue weighted by molar-refractivity contribution is 5.94. The molecule has 4 amide bonds. The van der Waals surface area contributed by atoms with Gasteiger partial charge >= 0.3 is 18.4 Å². The van der Waals surface area contributed by atoms with Crippen LogP contribution in [0, 0.1) is 34.5 Å². The van der Waals surface area contributed by atoms with Crippen molar-refractivity contribution >= 4 is 23.6 Å². The lowest BCUT2D eigenvalue weighted by atomic mass is 9.97. The number of fused-ring (bicyclic) bond motifs is 1. The van der Waals surface area contributed by atoms with Crippen molar-refractivity contribution in [1.82, 2.24) is 20.9 Å². The van der Waals surface area contributed by atoms with E-state index in [9.17, 15) is 50.8 Å². The Hall–Kier alpha value is -3.09. The van der Waals surface area contributed by atoms with E-state index < -0.39 is 72.2 Å². The van der Waals surface area contributed by atoms with Crippen LogP contribution in [0.3, 0.4) is 0 Å². The van der Waals surface area contributed by atoms with Crippen LogP contribution < -0.4 is 16.0 Å². The third-order valence-corrected chi connectivity index (χ3v) is 7.19. The van der Waals surface area contributed by atoms with Gasteiger partial charge in [-0.15, -0.1) is 13.2 Å². The van der Waals surface area contributed by atoms with E-state index >= 15 is 0 Å². The summed E-state index contributed by atoms with van der Waals surface area (Å²) in [7, 11) is 0. The van der Waals surface area contributed by atoms with Crippen LogP contribution >= 0.6 is 0 Å². The van der Waals surface area contributed by atoms with Crippen molar-refractivity contribution in [3.63, 3.8) is 0 Å². The summed E-state index contributed by atoms with van der Waals surface area (Å²) in [5.41, 5.74) is -0.473. The van der Waals surface area contributed by atoms with Gasteiger partial charge in [0.1, 0.15) is 18.1 Å². The summed E-state index contributed by atoms with van der Waals surface area (Å²) in [5, 5.41) is 15.7. The summed E-state index contributed by atoms with van der Waals surface area (Å²) in [6.45, 7) is 2.16. The Labute approximate surface area is 207 Å². The molecular formula is C21H25F6N5O5. The lowest BCUT2D eigenvalue weighted by molar-refractivity contribution is -0.325. The lowest BCUT2D eigenvalue weighted by Gasteiger charge is -2.33. The predicted octanol–water partition coefficient (Wildman–Crippen LogP) is 0.587. The van der Waals surface area contributed by atoms with Gasteiger partial charge in [0.15, 0.2) is 0 Å². The molecule has 206 valence electrons. The number of alkyl halides is 6. The molecule has 3 rings (SSSR count).